The minimum Gasteiger partial charge on any atom is -0.496 e. The van der Waals surface area contributed by atoms with E-state index in [9.17, 15) is 0 Å². The molecule has 94 valence electrons. The van der Waals surface area contributed by atoms with Crippen LogP contribution in [0.2, 0.25) is 5.02 Å². The zero-order chi connectivity index (χ0) is 12.7. The zero-order valence-electron chi connectivity index (χ0n) is 10.5. The first kappa shape index (κ1) is 11.6. The lowest BCUT2D eigenvalue weighted by molar-refractivity contribution is 0.420. The van der Waals surface area contributed by atoms with Gasteiger partial charge in [-0.1, -0.05) is 11.6 Å². The molecule has 3 nitrogen and oxygen atoms in total. The highest BCUT2D eigenvalue weighted by Gasteiger charge is 2.26. The Kier molecular flexibility index (Phi) is 2.78. The summed E-state index contributed by atoms with van der Waals surface area (Å²) in [7, 11) is 3.57. The summed E-state index contributed by atoms with van der Waals surface area (Å²) < 4.78 is 5.40. The largest absolute Gasteiger partial charge is 0.496 e. The number of hydrogen-bond donors (Lipinski definition) is 1. The van der Waals surface area contributed by atoms with Crippen LogP contribution in [0.15, 0.2) is 18.2 Å². The molecular weight excluding hydrogens is 248 g/mol. The van der Waals surface area contributed by atoms with Gasteiger partial charge in [-0.25, -0.2) is 0 Å². The second kappa shape index (κ2) is 4.32. The average molecular weight is 263 g/mol. The number of benzene rings is 1. The number of halogens is 1. The highest BCUT2D eigenvalue weighted by atomic mass is 35.5. The van der Waals surface area contributed by atoms with Crippen LogP contribution in [0.3, 0.4) is 0 Å². The van der Waals surface area contributed by atoms with Gasteiger partial charge in [0.2, 0.25) is 0 Å². The molecule has 1 aromatic heterocycles. The van der Waals surface area contributed by atoms with Crippen molar-refractivity contribution >= 4 is 28.2 Å². The second-order valence-corrected chi connectivity index (χ2v) is 5.00. The molecule has 1 aliphatic carbocycles. The van der Waals surface area contributed by atoms with Crippen molar-refractivity contribution in [2.75, 3.05) is 19.5 Å². The fourth-order valence-electron chi connectivity index (χ4n) is 2.25. The summed E-state index contributed by atoms with van der Waals surface area (Å²) in [6.07, 6.45) is 2.45. The van der Waals surface area contributed by atoms with Crippen molar-refractivity contribution in [1.82, 2.24) is 4.98 Å². The van der Waals surface area contributed by atoms with Crippen molar-refractivity contribution in [1.29, 1.82) is 0 Å². The van der Waals surface area contributed by atoms with E-state index in [2.05, 4.69) is 11.4 Å². The van der Waals surface area contributed by atoms with Gasteiger partial charge in [0, 0.05) is 24.3 Å². The lowest BCUT2D eigenvalue weighted by Gasteiger charge is -2.13. The van der Waals surface area contributed by atoms with Crippen molar-refractivity contribution in [3.63, 3.8) is 0 Å². The lowest BCUT2D eigenvalue weighted by atomic mass is 10.1. The third kappa shape index (κ3) is 1.79. The molecule has 0 unspecified atom stereocenters. The fraction of sp³-hybridized carbons (Fsp3) is 0.357. The maximum absolute atomic E-state index is 6.27. The number of anilines is 1. The molecule has 0 atom stereocenters. The molecule has 1 N–H and O–H groups in total. The molecule has 2 aromatic rings. The lowest BCUT2D eigenvalue weighted by Crippen LogP contribution is -1.98. The SMILES string of the molecule is CNc1cc(C2CC2)nc2c(Cl)ccc(OC)c12. The van der Waals surface area contributed by atoms with Crippen molar-refractivity contribution < 1.29 is 4.74 Å². The number of pyridine rings is 1. The van der Waals surface area contributed by atoms with Crippen LogP contribution in [0.25, 0.3) is 10.9 Å². The van der Waals surface area contributed by atoms with E-state index in [1.165, 1.54) is 12.8 Å². The number of aromatic nitrogens is 1. The van der Waals surface area contributed by atoms with E-state index < -0.39 is 0 Å². The van der Waals surface area contributed by atoms with Gasteiger partial charge in [0.25, 0.3) is 0 Å². The van der Waals surface area contributed by atoms with Gasteiger partial charge < -0.3 is 10.1 Å². The van der Waals surface area contributed by atoms with Crippen LogP contribution in [-0.4, -0.2) is 19.1 Å². The predicted molar refractivity (Wildman–Crippen MR) is 74.8 cm³/mol. The molecule has 0 saturated heterocycles. The maximum Gasteiger partial charge on any atom is 0.130 e. The monoisotopic (exact) mass is 262 g/mol. The number of methoxy groups -OCH3 is 1. The van der Waals surface area contributed by atoms with Crippen molar-refractivity contribution in [3.05, 3.63) is 28.9 Å². The Hall–Kier alpha value is -1.48. The van der Waals surface area contributed by atoms with Crippen molar-refractivity contribution in [2.24, 2.45) is 0 Å². The van der Waals surface area contributed by atoms with Crippen LogP contribution in [0.1, 0.15) is 24.5 Å². The number of hydrogen-bond acceptors (Lipinski definition) is 3. The summed E-state index contributed by atoms with van der Waals surface area (Å²) in [5.41, 5.74) is 2.98. The van der Waals surface area contributed by atoms with Gasteiger partial charge in [0.15, 0.2) is 0 Å². The third-order valence-corrected chi connectivity index (χ3v) is 3.68. The number of rotatable bonds is 3. The Morgan fingerprint density at radius 2 is 2.17 bits per heavy atom. The van der Waals surface area contributed by atoms with Gasteiger partial charge in [-0.05, 0) is 31.0 Å². The summed E-state index contributed by atoms with van der Waals surface area (Å²) >= 11 is 6.27. The molecule has 3 rings (SSSR count). The molecule has 1 aromatic carbocycles. The number of fused-ring (bicyclic) bond motifs is 1. The van der Waals surface area contributed by atoms with Gasteiger partial charge in [-0.15, -0.1) is 0 Å². The predicted octanol–water partition coefficient (Wildman–Crippen LogP) is 3.82. The average Bonchev–Trinajstić information content (AvgIpc) is 3.23. The molecule has 1 saturated carbocycles. The first-order valence-electron chi connectivity index (χ1n) is 6.09. The summed E-state index contributed by atoms with van der Waals surface area (Å²) in [4.78, 5) is 4.70. The van der Waals surface area contributed by atoms with E-state index in [-0.39, 0.29) is 0 Å². The highest BCUT2D eigenvalue weighted by molar-refractivity contribution is 6.35. The molecule has 1 fully saturated rings. The van der Waals surface area contributed by atoms with Gasteiger partial charge in [-0.2, -0.15) is 0 Å². The topological polar surface area (TPSA) is 34.2 Å². The third-order valence-electron chi connectivity index (χ3n) is 3.38. The molecule has 0 spiro atoms. The molecular formula is C14H15ClN2O. The summed E-state index contributed by atoms with van der Waals surface area (Å²) in [5.74, 6) is 1.40. The normalized spacial score (nSPS) is 14.8. The van der Waals surface area contributed by atoms with Crippen molar-refractivity contribution in [2.45, 2.75) is 18.8 Å². The molecule has 0 radical (unpaired) electrons. The number of nitrogens with one attached hydrogen (secondary N) is 1. The smallest absolute Gasteiger partial charge is 0.130 e. The fourth-order valence-corrected chi connectivity index (χ4v) is 2.45. The standard InChI is InChI=1S/C14H15ClN2O/c1-16-11-7-10(8-3-4-8)17-14-9(15)5-6-12(18-2)13(11)14/h5-8H,3-4H2,1-2H3,(H,16,17). The molecule has 1 heterocycles. The first-order chi connectivity index (χ1) is 8.74. The van der Waals surface area contributed by atoms with Crippen LogP contribution in [0, 0.1) is 0 Å². The Morgan fingerprint density at radius 1 is 1.39 bits per heavy atom. The van der Waals surface area contributed by atoms with Crippen LogP contribution in [-0.2, 0) is 0 Å². The maximum atomic E-state index is 6.27. The Labute approximate surface area is 111 Å². The van der Waals surface area contributed by atoms with Gasteiger partial charge in [0.1, 0.15) is 5.75 Å². The van der Waals surface area contributed by atoms with Gasteiger partial charge in [0.05, 0.1) is 23.0 Å². The summed E-state index contributed by atoms with van der Waals surface area (Å²) in [6, 6.07) is 5.83. The number of ether oxygens (including phenoxy) is 1. The molecule has 0 bridgehead atoms. The second-order valence-electron chi connectivity index (χ2n) is 4.59. The Bertz CT molecular complexity index is 608. The van der Waals surface area contributed by atoms with Crippen LogP contribution >= 0.6 is 11.6 Å². The van der Waals surface area contributed by atoms with E-state index >= 15 is 0 Å². The van der Waals surface area contributed by atoms with Gasteiger partial charge >= 0.3 is 0 Å². The first-order valence-corrected chi connectivity index (χ1v) is 6.47. The summed E-state index contributed by atoms with van der Waals surface area (Å²) in [5, 5.41) is 4.84. The minimum atomic E-state index is 0.601. The molecule has 4 heteroatoms. The van der Waals surface area contributed by atoms with E-state index in [1.54, 1.807) is 7.11 Å². The number of nitrogens with zero attached hydrogens (tertiary/aromatic N) is 1. The minimum absolute atomic E-state index is 0.601. The molecule has 1 aliphatic rings. The Balaban J connectivity index is 2.33. The molecule has 0 aliphatic heterocycles. The van der Waals surface area contributed by atoms with E-state index in [4.69, 9.17) is 21.3 Å². The van der Waals surface area contributed by atoms with Crippen LogP contribution in [0.5, 0.6) is 5.75 Å². The molecule has 0 amide bonds. The van der Waals surface area contributed by atoms with Crippen LogP contribution in [0.4, 0.5) is 5.69 Å². The van der Waals surface area contributed by atoms with E-state index in [0.717, 1.165) is 28.0 Å². The van der Waals surface area contributed by atoms with Gasteiger partial charge in [-0.3, -0.25) is 4.98 Å². The van der Waals surface area contributed by atoms with Crippen molar-refractivity contribution in [3.8, 4) is 5.75 Å². The highest BCUT2D eigenvalue weighted by Crippen LogP contribution is 2.43. The quantitative estimate of drug-likeness (QED) is 0.913. The molecule has 18 heavy (non-hydrogen) atoms. The van der Waals surface area contributed by atoms with E-state index in [0.29, 0.717) is 10.9 Å². The van der Waals surface area contributed by atoms with E-state index in [1.807, 2.05) is 19.2 Å². The zero-order valence-corrected chi connectivity index (χ0v) is 11.2. The Morgan fingerprint density at radius 3 is 2.78 bits per heavy atom. The van der Waals surface area contributed by atoms with Crippen LogP contribution < -0.4 is 10.1 Å². The summed E-state index contributed by atoms with van der Waals surface area (Å²) in [6.45, 7) is 0.